The Labute approximate surface area is 128 Å². The van der Waals surface area contributed by atoms with E-state index in [0.29, 0.717) is 6.42 Å². The SMILES string of the molecule is CCC(O)(c1ccccc1)C(CN(C)C)c1ccccc1. The van der Waals surface area contributed by atoms with Gasteiger partial charge in [0.2, 0.25) is 0 Å². The minimum atomic E-state index is -0.854. The van der Waals surface area contributed by atoms with Crippen LogP contribution in [0, 0.1) is 0 Å². The first-order valence-electron chi connectivity index (χ1n) is 7.55. The zero-order chi connectivity index (χ0) is 15.3. The van der Waals surface area contributed by atoms with Crippen molar-refractivity contribution in [3.05, 3.63) is 71.8 Å². The summed E-state index contributed by atoms with van der Waals surface area (Å²) in [5, 5.41) is 11.4. The molecular formula is C19H25NO. The minimum absolute atomic E-state index is 0.0427. The zero-order valence-electron chi connectivity index (χ0n) is 13.2. The molecule has 2 nitrogen and oxygen atoms in total. The van der Waals surface area contributed by atoms with Crippen molar-refractivity contribution >= 4 is 0 Å². The van der Waals surface area contributed by atoms with Gasteiger partial charge in [0.25, 0.3) is 0 Å². The average molecular weight is 283 g/mol. The van der Waals surface area contributed by atoms with Gasteiger partial charge in [-0.1, -0.05) is 67.6 Å². The van der Waals surface area contributed by atoms with Crippen molar-refractivity contribution in [3.63, 3.8) is 0 Å². The maximum atomic E-state index is 11.4. The summed E-state index contributed by atoms with van der Waals surface area (Å²) < 4.78 is 0. The second-order valence-corrected chi connectivity index (χ2v) is 5.87. The lowest BCUT2D eigenvalue weighted by Gasteiger charge is -2.38. The molecule has 0 saturated carbocycles. The van der Waals surface area contributed by atoms with Crippen molar-refractivity contribution in [3.8, 4) is 0 Å². The Morgan fingerprint density at radius 2 is 1.48 bits per heavy atom. The fraction of sp³-hybridized carbons (Fsp3) is 0.368. The van der Waals surface area contributed by atoms with Gasteiger partial charge in [0, 0.05) is 12.5 Å². The van der Waals surface area contributed by atoms with Crippen LogP contribution >= 0.6 is 0 Å². The average Bonchev–Trinajstić information content (AvgIpc) is 2.53. The summed E-state index contributed by atoms with van der Waals surface area (Å²) in [6.07, 6.45) is 0.685. The summed E-state index contributed by atoms with van der Waals surface area (Å²) in [5.41, 5.74) is 1.31. The van der Waals surface area contributed by atoms with Crippen LogP contribution in [0.5, 0.6) is 0 Å². The molecule has 2 unspecified atom stereocenters. The number of nitrogens with zero attached hydrogens (tertiary/aromatic N) is 1. The molecule has 2 heteroatoms. The Kier molecular flexibility index (Phi) is 5.16. The number of rotatable bonds is 6. The smallest absolute Gasteiger partial charge is 0.0974 e. The van der Waals surface area contributed by atoms with Gasteiger partial charge in [-0.05, 0) is 31.6 Å². The van der Waals surface area contributed by atoms with Gasteiger partial charge >= 0.3 is 0 Å². The highest BCUT2D eigenvalue weighted by Crippen LogP contribution is 2.39. The van der Waals surface area contributed by atoms with Gasteiger partial charge in [-0.2, -0.15) is 0 Å². The summed E-state index contributed by atoms with van der Waals surface area (Å²) in [6.45, 7) is 2.86. The molecule has 1 N–H and O–H groups in total. The van der Waals surface area contributed by atoms with Crippen LogP contribution in [0.4, 0.5) is 0 Å². The van der Waals surface area contributed by atoms with Crippen LogP contribution in [0.1, 0.15) is 30.4 Å². The van der Waals surface area contributed by atoms with E-state index in [2.05, 4.69) is 38.1 Å². The molecule has 0 spiro atoms. The van der Waals surface area contributed by atoms with Crippen LogP contribution in [-0.4, -0.2) is 30.6 Å². The van der Waals surface area contributed by atoms with E-state index in [0.717, 1.165) is 12.1 Å². The van der Waals surface area contributed by atoms with Crippen LogP contribution < -0.4 is 0 Å². The summed E-state index contributed by atoms with van der Waals surface area (Å²) >= 11 is 0. The first-order valence-corrected chi connectivity index (χ1v) is 7.55. The molecule has 0 saturated heterocycles. The molecule has 2 rings (SSSR count). The fourth-order valence-corrected chi connectivity index (χ4v) is 2.96. The quantitative estimate of drug-likeness (QED) is 0.875. The molecule has 0 aromatic heterocycles. The molecular weight excluding hydrogens is 258 g/mol. The monoisotopic (exact) mass is 283 g/mol. The molecule has 0 heterocycles. The number of hydrogen-bond acceptors (Lipinski definition) is 2. The van der Waals surface area contributed by atoms with Gasteiger partial charge in [0.15, 0.2) is 0 Å². The fourth-order valence-electron chi connectivity index (χ4n) is 2.96. The van der Waals surface area contributed by atoms with Crippen LogP contribution in [0.15, 0.2) is 60.7 Å². The van der Waals surface area contributed by atoms with E-state index in [1.165, 1.54) is 5.56 Å². The van der Waals surface area contributed by atoms with Crippen molar-refractivity contribution in [2.75, 3.05) is 20.6 Å². The van der Waals surface area contributed by atoms with Gasteiger partial charge in [0.05, 0.1) is 5.60 Å². The van der Waals surface area contributed by atoms with Gasteiger partial charge in [0.1, 0.15) is 0 Å². The summed E-state index contributed by atoms with van der Waals surface area (Å²) in [4.78, 5) is 2.14. The van der Waals surface area contributed by atoms with Gasteiger partial charge < -0.3 is 10.0 Å². The first kappa shape index (κ1) is 15.7. The Bertz CT molecular complexity index is 538. The molecule has 0 fully saturated rings. The van der Waals surface area contributed by atoms with E-state index in [1.807, 2.05) is 48.5 Å². The lowest BCUT2D eigenvalue weighted by atomic mass is 9.75. The Hall–Kier alpha value is -1.64. The molecule has 2 atom stereocenters. The first-order chi connectivity index (χ1) is 10.1. The number of hydrogen-bond donors (Lipinski definition) is 1. The van der Waals surface area contributed by atoms with E-state index in [9.17, 15) is 5.11 Å². The van der Waals surface area contributed by atoms with Gasteiger partial charge in [-0.15, -0.1) is 0 Å². The van der Waals surface area contributed by atoms with Crippen molar-refractivity contribution in [1.29, 1.82) is 0 Å². The molecule has 0 aliphatic carbocycles. The number of aliphatic hydroxyl groups is 1. The molecule has 0 aliphatic rings. The maximum absolute atomic E-state index is 11.4. The van der Waals surface area contributed by atoms with Crippen LogP contribution in [0.25, 0.3) is 0 Å². The van der Waals surface area contributed by atoms with Crippen LogP contribution in [0.3, 0.4) is 0 Å². The minimum Gasteiger partial charge on any atom is -0.384 e. The predicted molar refractivity (Wildman–Crippen MR) is 88.4 cm³/mol. The molecule has 2 aromatic carbocycles. The zero-order valence-corrected chi connectivity index (χ0v) is 13.2. The largest absolute Gasteiger partial charge is 0.384 e. The highest BCUT2D eigenvalue weighted by atomic mass is 16.3. The molecule has 0 amide bonds. The molecule has 2 aromatic rings. The van der Waals surface area contributed by atoms with E-state index in [4.69, 9.17) is 0 Å². The summed E-state index contributed by atoms with van der Waals surface area (Å²) in [5.74, 6) is 0.0427. The number of benzene rings is 2. The topological polar surface area (TPSA) is 23.5 Å². The van der Waals surface area contributed by atoms with Crippen LogP contribution in [-0.2, 0) is 5.60 Å². The van der Waals surface area contributed by atoms with Crippen LogP contribution in [0.2, 0.25) is 0 Å². The molecule has 0 aliphatic heterocycles. The third kappa shape index (κ3) is 3.52. The highest BCUT2D eigenvalue weighted by Gasteiger charge is 2.37. The molecule has 0 bridgehead atoms. The third-order valence-electron chi connectivity index (χ3n) is 4.14. The van der Waals surface area contributed by atoms with Crippen molar-refractivity contribution in [2.24, 2.45) is 0 Å². The second-order valence-electron chi connectivity index (χ2n) is 5.87. The lowest BCUT2D eigenvalue weighted by molar-refractivity contribution is -0.00466. The second kappa shape index (κ2) is 6.88. The van der Waals surface area contributed by atoms with Crippen molar-refractivity contribution in [2.45, 2.75) is 24.9 Å². The number of likely N-dealkylation sites (N-methyl/N-ethyl adjacent to an activating group) is 1. The highest BCUT2D eigenvalue weighted by molar-refractivity contribution is 5.31. The third-order valence-corrected chi connectivity index (χ3v) is 4.14. The van der Waals surface area contributed by atoms with E-state index < -0.39 is 5.60 Å². The molecule has 0 radical (unpaired) electrons. The normalized spacial score (nSPS) is 15.7. The Morgan fingerprint density at radius 1 is 0.952 bits per heavy atom. The van der Waals surface area contributed by atoms with Crippen molar-refractivity contribution in [1.82, 2.24) is 4.90 Å². The Morgan fingerprint density at radius 3 is 1.95 bits per heavy atom. The maximum Gasteiger partial charge on any atom is 0.0974 e. The predicted octanol–water partition coefficient (Wildman–Crippen LogP) is 3.63. The van der Waals surface area contributed by atoms with E-state index >= 15 is 0 Å². The molecule has 112 valence electrons. The van der Waals surface area contributed by atoms with Gasteiger partial charge in [-0.25, -0.2) is 0 Å². The summed E-state index contributed by atoms with van der Waals surface area (Å²) in [7, 11) is 4.11. The lowest BCUT2D eigenvalue weighted by Crippen LogP contribution is -2.38. The standard InChI is InChI=1S/C19H25NO/c1-4-19(21,17-13-9-6-10-14-17)18(15-20(2)3)16-11-7-5-8-12-16/h5-14,18,21H,4,15H2,1-3H3. The Balaban J connectivity index is 2.47. The molecule has 21 heavy (non-hydrogen) atoms. The summed E-state index contributed by atoms with van der Waals surface area (Å²) in [6, 6.07) is 20.3. The van der Waals surface area contributed by atoms with E-state index in [1.54, 1.807) is 0 Å². The van der Waals surface area contributed by atoms with E-state index in [-0.39, 0.29) is 5.92 Å². The van der Waals surface area contributed by atoms with Gasteiger partial charge in [-0.3, -0.25) is 0 Å². The van der Waals surface area contributed by atoms with Crippen molar-refractivity contribution < 1.29 is 5.11 Å².